The van der Waals surface area contributed by atoms with Gasteiger partial charge >= 0.3 is 0 Å². The van der Waals surface area contributed by atoms with Crippen LogP contribution in [0.25, 0.3) is 11.1 Å². The summed E-state index contributed by atoms with van der Waals surface area (Å²) >= 11 is 0. The number of hydrogen-bond acceptors (Lipinski definition) is 1. The Balaban J connectivity index is 1.78. The lowest BCUT2D eigenvalue weighted by Gasteiger charge is -2.30. The second-order valence-corrected chi connectivity index (χ2v) is 5.15. The van der Waals surface area contributed by atoms with E-state index in [4.69, 9.17) is 0 Å². The molecule has 0 amide bonds. The quantitative estimate of drug-likeness (QED) is 0.708. The van der Waals surface area contributed by atoms with Gasteiger partial charge in [0, 0.05) is 18.8 Å². The molecule has 0 radical (unpaired) electrons. The second-order valence-electron chi connectivity index (χ2n) is 5.15. The molecule has 2 aromatic carbocycles. The van der Waals surface area contributed by atoms with Crippen molar-refractivity contribution in [1.82, 2.24) is 0 Å². The van der Waals surface area contributed by atoms with E-state index in [0.717, 1.165) is 25.9 Å². The molecule has 0 aliphatic carbocycles. The summed E-state index contributed by atoms with van der Waals surface area (Å²) in [4.78, 5) is 2.45. The van der Waals surface area contributed by atoms with E-state index < -0.39 is 0 Å². The molecule has 1 heteroatoms. The van der Waals surface area contributed by atoms with Crippen molar-refractivity contribution < 1.29 is 0 Å². The SMILES string of the molecule is C=C1CCN(c2ccc(-c3ccccc3)cc2)CC1. The summed E-state index contributed by atoms with van der Waals surface area (Å²) < 4.78 is 0. The number of hydrogen-bond donors (Lipinski definition) is 0. The van der Waals surface area contributed by atoms with Crippen molar-refractivity contribution in [1.29, 1.82) is 0 Å². The van der Waals surface area contributed by atoms with Crippen molar-refractivity contribution in [2.75, 3.05) is 18.0 Å². The van der Waals surface area contributed by atoms with Gasteiger partial charge < -0.3 is 4.90 Å². The fourth-order valence-electron chi connectivity index (χ4n) is 2.58. The van der Waals surface area contributed by atoms with Crippen molar-refractivity contribution in [3.05, 3.63) is 66.7 Å². The molecular weight excluding hydrogens is 230 g/mol. The maximum Gasteiger partial charge on any atom is 0.0366 e. The highest BCUT2D eigenvalue weighted by atomic mass is 15.1. The maximum atomic E-state index is 4.07. The van der Waals surface area contributed by atoms with Gasteiger partial charge in [-0.1, -0.05) is 54.6 Å². The molecule has 0 aromatic heterocycles. The predicted octanol–water partition coefficient (Wildman–Crippen LogP) is 4.51. The molecule has 1 aliphatic rings. The van der Waals surface area contributed by atoms with Crippen LogP contribution in [-0.4, -0.2) is 13.1 Å². The summed E-state index contributed by atoms with van der Waals surface area (Å²) in [6, 6.07) is 19.4. The normalized spacial score (nSPS) is 15.6. The molecule has 1 fully saturated rings. The second kappa shape index (κ2) is 5.31. The number of anilines is 1. The van der Waals surface area contributed by atoms with Gasteiger partial charge in [0.1, 0.15) is 0 Å². The molecule has 96 valence electrons. The van der Waals surface area contributed by atoms with Crippen LogP contribution in [0.4, 0.5) is 5.69 Å². The highest BCUT2D eigenvalue weighted by Gasteiger charge is 2.12. The standard InChI is InChI=1S/C18H19N/c1-15-11-13-19(14-12-15)18-9-7-17(8-10-18)16-5-3-2-4-6-16/h2-10H,1,11-14H2. The van der Waals surface area contributed by atoms with Gasteiger partial charge in [-0.25, -0.2) is 0 Å². The monoisotopic (exact) mass is 249 g/mol. The van der Waals surface area contributed by atoms with Gasteiger partial charge in [0.15, 0.2) is 0 Å². The zero-order chi connectivity index (χ0) is 13.1. The Labute approximate surface area is 115 Å². The van der Waals surface area contributed by atoms with E-state index in [-0.39, 0.29) is 0 Å². The summed E-state index contributed by atoms with van der Waals surface area (Å²) in [5, 5.41) is 0. The maximum absolute atomic E-state index is 4.07. The lowest BCUT2D eigenvalue weighted by molar-refractivity contribution is 0.687. The summed E-state index contributed by atoms with van der Waals surface area (Å²) in [5.74, 6) is 0. The molecule has 1 saturated heterocycles. The molecule has 0 atom stereocenters. The molecule has 19 heavy (non-hydrogen) atoms. The third kappa shape index (κ3) is 2.70. The first-order valence-corrected chi connectivity index (χ1v) is 6.90. The molecule has 0 unspecified atom stereocenters. The van der Waals surface area contributed by atoms with Crippen LogP contribution in [0.3, 0.4) is 0 Å². The zero-order valence-corrected chi connectivity index (χ0v) is 11.2. The van der Waals surface area contributed by atoms with Crippen molar-refractivity contribution in [2.45, 2.75) is 12.8 Å². The van der Waals surface area contributed by atoms with Crippen molar-refractivity contribution in [2.24, 2.45) is 0 Å². The fourth-order valence-corrected chi connectivity index (χ4v) is 2.58. The zero-order valence-electron chi connectivity index (χ0n) is 11.2. The minimum absolute atomic E-state index is 1.10. The molecule has 0 N–H and O–H groups in total. The Hall–Kier alpha value is -2.02. The topological polar surface area (TPSA) is 3.24 Å². The van der Waals surface area contributed by atoms with Crippen LogP contribution in [0.1, 0.15) is 12.8 Å². The number of piperidine rings is 1. The molecule has 0 spiro atoms. The van der Waals surface area contributed by atoms with Gasteiger partial charge in [-0.05, 0) is 36.1 Å². The van der Waals surface area contributed by atoms with Crippen LogP contribution < -0.4 is 4.90 Å². The summed E-state index contributed by atoms with van der Waals surface area (Å²) in [6.45, 7) is 6.27. The summed E-state index contributed by atoms with van der Waals surface area (Å²) in [6.07, 6.45) is 2.25. The Bertz CT molecular complexity index is 544. The first-order valence-electron chi connectivity index (χ1n) is 6.90. The summed E-state index contributed by atoms with van der Waals surface area (Å²) in [5.41, 5.74) is 5.27. The van der Waals surface area contributed by atoms with E-state index in [0.29, 0.717) is 0 Å². The van der Waals surface area contributed by atoms with Gasteiger partial charge in [0.05, 0.1) is 0 Å². The highest BCUT2D eigenvalue weighted by molar-refractivity contribution is 5.66. The average Bonchev–Trinajstić information content (AvgIpc) is 2.49. The van der Waals surface area contributed by atoms with Crippen LogP contribution >= 0.6 is 0 Å². The van der Waals surface area contributed by atoms with Crippen LogP contribution in [-0.2, 0) is 0 Å². The van der Waals surface area contributed by atoms with Crippen LogP contribution in [0.15, 0.2) is 66.7 Å². The van der Waals surface area contributed by atoms with Crippen LogP contribution in [0.5, 0.6) is 0 Å². The van der Waals surface area contributed by atoms with E-state index in [2.05, 4.69) is 66.1 Å². The largest absolute Gasteiger partial charge is 0.371 e. The van der Waals surface area contributed by atoms with Gasteiger partial charge in [-0.3, -0.25) is 0 Å². The molecule has 3 rings (SSSR count). The van der Waals surface area contributed by atoms with Gasteiger partial charge in [0.25, 0.3) is 0 Å². The first kappa shape index (κ1) is 12.0. The minimum atomic E-state index is 1.10. The fraction of sp³-hybridized carbons (Fsp3) is 0.222. The molecule has 0 bridgehead atoms. The van der Waals surface area contributed by atoms with Crippen LogP contribution in [0.2, 0.25) is 0 Å². The predicted molar refractivity (Wildman–Crippen MR) is 82.5 cm³/mol. The van der Waals surface area contributed by atoms with Crippen LogP contribution in [0, 0.1) is 0 Å². The first-order chi connectivity index (χ1) is 9.33. The van der Waals surface area contributed by atoms with E-state index in [1.165, 1.54) is 22.4 Å². The molecular formula is C18H19N. The number of benzene rings is 2. The van der Waals surface area contributed by atoms with E-state index in [1.54, 1.807) is 0 Å². The molecule has 1 aliphatic heterocycles. The summed E-state index contributed by atoms with van der Waals surface area (Å²) in [7, 11) is 0. The van der Waals surface area contributed by atoms with Gasteiger partial charge in [0.2, 0.25) is 0 Å². The Morgan fingerprint density at radius 2 is 1.32 bits per heavy atom. The number of rotatable bonds is 2. The third-order valence-electron chi connectivity index (χ3n) is 3.81. The molecule has 1 heterocycles. The van der Waals surface area contributed by atoms with E-state index in [1.807, 2.05) is 0 Å². The number of nitrogens with zero attached hydrogens (tertiary/aromatic N) is 1. The Morgan fingerprint density at radius 3 is 1.95 bits per heavy atom. The average molecular weight is 249 g/mol. The molecule has 1 nitrogen and oxygen atoms in total. The van der Waals surface area contributed by atoms with E-state index in [9.17, 15) is 0 Å². The minimum Gasteiger partial charge on any atom is -0.371 e. The lowest BCUT2D eigenvalue weighted by atomic mass is 10.0. The van der Waals surface area contributed by atoms with Crippen molar-refractivity contribution >= 4 is 5.69 Å². The van der Waals surface area contributed by atoms with E-state index >= 15 is 0 Å². The van der Waals surface area contributed by atoms with Crippen molar-refractivity contribution in [3.63, 3.8) is 0 Å². The third-order valence-corrected chi connectivity index (χ3v) is 3.81. The molecule has 2 aromatic rings. The van der Waals surface area contributed by atoms with Gasteiger partial charge in [-0.2, -0.15) is 0 Å². The molecule has 0 saturated carbocycles. The Morgan fingerprint density at radius 1 is 0.737 bits per heavy atom. The van der Waals surface area contributed by atoms with Crippen molar-refractivity contribution in [3.8, 4) is 11.1 Å². The smallest absolute Gasteiger partial charge is 0.0366 e. The van der Waals surface area contributed by atoms with Gasteiger partial charge in [-0.15, -0.1) is 0 Å². The highest BCUT2D eigenvalue weighted by Crippen LogP contribution is 2.25. The lowest BCUT2D eigenvalue weighted by Crippen LogP contribution is -2.30. The Kier molecular flexibility index (Phi) is 3.37.